The number of hydrogen-bond donors (Lipinski definition) is 1. The van der Waals surface area contributed by atoms with E-state index in [4.69, 9.17) is 9.26 Å². The van der Waals surface area contributed by atoms with Gasteiger partial charge in [-0.1, -0.05) is 31.1 Å². The van der Waals surface area contributed by atoms with Crippen LogP contribution in [0.1, 0.15) is 44.0 Å². The fraction of sp³-hybridized carbons (Fsp3) is 0.467. The quantitative estimate of drug-likeness (QED) is 0.878. The molecule has 108 valence electrons. The van der Waals surface area contributed by atoms with E-state index in [0.29, 0.717) is 18.1 Å². The highest BCUT2D eigenvalue weighted by molar-refractivity contribution is 5.27. The normalized spacial score (nSPS) is 11.8. The van der Waals surface area contributed by atoms with E-state index in [1.807, 2.05) is 26.0 Å². The maximum atomic E-state index is 9.26. The highest BCUT2D eigenvalue weighted by atomic mass is 16.5. The molecule has 20 heavy (non-hydrogen) atoms. The standard InChI is InChI=1S/C15H20N2O3/c1-4-15(5-2,19-3)14-16-13(20-17-14)10-11-6-8-12(18)9-7-11/h6-9,18H,4-5,10H2,1-3H3. The molecule has 0 saturated heterocycles. The van der Waals surface area contributed by atoms with Crippen LogP contribution >= 0.6 is 0 Å². The van der Waals surface area contributed by atoms with Crippen molar-refractivity contribution in [2.45, 2.75) is 38.7 Å². The summed E-state index contributed by atoms with van der Waals surface area (Å²) in [5.74, 6) is 1.39. The van der Waals surface area contributed by atoms with Gasteiger partial charge in [0.2, 0.25) is 11.7 Å². The van der Waals surface area contributed by atoms with Crippen LogP contribution in [-0.2, 0) is 16.8 Å². The zero-order valence-electron chi connectivity index (χ0n) is 12.1. The Morgan fingerprint density at radius 1 is 1.20 bits per heavy atom. The second kappa shape index (κ2) is 6.05. The van der Waals surface area contributed by atoms with Gasteiger partial charge in [0, 0.05) is 7.11 Å². The molecule has 1 aromatic carbocycles. The maximum Gasteiger partial charge on any atom is 0.231 e. The van der Waals surface area contributed by atoms with Crippen molar-refractivity contribution >= 4 is 0 Å². The molecule has 0 amide bonds. The van der Waals surface area contributed by atoms with Crippen molar-refractivity contribution in [1.82, 2.24) is 10.1 Å². The van der Waals surface area contributed by atoms with E-state index in [9.17, 15) is 5.11 Å². The molecule has 0 aliphatic carbocycles. The first-order valence-electron chi connectivity index (χ1n) is 6.79. The third-order valence-electron chi connectivity index (χ3n) is 3.70. The SMILES string of the molecule is CCC(CC)(OC)c1noc(Cc2ccc(O)cc2)n1. The molecule has 0 aliphatic heterocycles. The Bertz CT molecular complexity index is 536. The van der Waals surface area contributed by atoms with Gasteiger partial charge in [-0.25, -0.2) is 0 Å². The van der Waals surface area contributed by atoms with Gasteiger partial charge in [0.25, 0.3) is 0 Å². The number of aromatic nitrogens is 2. The molecular weight excluding hydrogens is 256 g/mol. The van der Waals surface area contributed by atoms with Gasteiger partial charge in [0.1, 0.15) is 11.4 Å². The van der Waals surface area contributed by atoms with Crippen molar-refractivity contribution in [2.75, 3.05) is 7.11 Å². The lowest BCUT2D eigenvalue weighted by Crippen LogP contribution is -2.28. The molecule has 5 nitrogen and oxygen atoms in total. The van der Waals surface area contributed by atoms with Crippen LogP contribution in [0.5, 0.6) is 5.75 Å². The highest BCUT2D eigenvalue weighted by Crippen LogP contribution is 2.30. The minimum Gasteiger partial charge on any atom is -0.508 e. The Labute approximate surface area is 118 Å². The Kier molecular flexibility index (Phi) is 4.39. The van der Waals surface area contributed by atoms with Crippen molar-refractivity contribution in [1.29, 1.82) is 0 Å². The van der Waals surface area contributed by atoms with E-state index < -0.39 is 5.60 Å². The van der Waals surface area contributed by atoms with Crippen LogP contribution in [0.4, 0.5) is 0 Å². The van der Waals surface area contributed by atoms with Crippen LogP contribution in [0.2, 0.25) is 0 Å². The van der Waals surface area contributed by atoms with Crippen molar-refractivity contribution in [3.8, 4) is 5.75 Å². The molecule has 0 saturated carbocycles. The molecule has 0 radical (unpaired) electrons. The van der Waals surface area contributed by atoms with Crippen molar-refractivity contribution in [3.63, 3.8) is 0 Å². The Morgan fingerprint density at radius 2 is 1.85 bits per heavy atom. The van der Waals surface area contributed by atoms with Gasteiger partial charge in [0.05, 0.1) is 6.42 Å². The van der Waals surface area contributed by atoms with Crippen LogP contribution in [-0.4, -0.2) is 22.4 Å². The summed E-state index contributed by atoms with van der Waals surface area (Å²) in [5, 5.41) is 13.3. The predicted octanol–water partition coefficient (Wildman–Crippen LogP) is 3.03. The summed E-state index contributed by atoms with van der Waals surface area (Å²) in [6.45, 7) is 4.09. The molecule has 1 aromatic heterocycles. The topological polar surface area (TPSA) is 68.4 Å². The molecular formula is C15H20N2O3. The average molecular weight is 276 g/mol. The minimum atomic E-state index is -0.475. The minimum absolute atomic E-state index is 0.246. The maximum absolute atomic E-state index is 9.26. The molecule has 2 rings (SSSR count). The second-order valence-electron chi connectivity index (χ2n) is 4.76. The van der Waals surface area contributed by atoms with E-state index in [0.717, 1.165) is 18.4 Å². The van der Waals surface area contributed by atoms with Crippen LogP contribution in [0, 0.1) is 0 Å². The Hall–Kier alpha value is -1.88. The Morgan fingerprint density at radius 3 is 2.40 bits per heavy atom. The Balaban J connectivity index is 2.18. The van der Waals surface area contributed by atoms with Gasteiger partial charge in [-0.05, 0) is 30.5 Å². The molecule has 0 spiro atoms. The number of methoxy groups -OCH3 is 1. The largest absolute Gasteiger partial charge is 0.508 e. The number of phenols is 1. The summed E-state index contributed by atoms with van der Waals surface area (Å²) in [6.07, 6.45) is 2.12. The summed E-state index contributed by atoms with van der Waals surface area (Å²) in [6, 6.07) is 6.96. The number of ether oxygens (including phenoxy) is 1. The number of nitrogens with zero attached hydrogens (tertiary/aromatic N) is 2. The van der Waals surface area contributed by atoms with Gasteiger partial charge >= 0.3 is 0 Å². The summed E-state index contributed by atoms with van der Waals surface area (Å²) in [5.41, 5.74) is 0.533. The van der Waals surface area contributed by atoms with E-state index in [1.165, 1.54) is 0 Å². The fourth-order valence-corrected chi connectivity index (χ4v) is 2.25. The molecule has 0 atom stereocenters. The first kappa shape index (κ1) is 14.5. The van der Waals surface area contributed by atoms with Crippen LogP contribution in [0.25, 0.3) is 0 Å². The van der Waals surface area contributed by atoms with Gasteiger partial charge in [-0.2, -0.15) is 4.98 Å². The molecule has 0 aliphatic rings. The fourth-order valence-electron chi connectivity index (χ4n) is 2.25. The summed E-state index contributed by atoms with van der Waals surface area (Å²) >= 11 is 0. The number of rotatable bonds is 6. The average Bonchev–Trinajstić information content (AvgIpc) is 2.93. The van der Waals surface area contributed by atoms with Crippen LogP contribution in [0.15, 0.2) is 28.8 Å². The molecule has 5 heteroatoms. The van der Waals surface area contributed by atoms with Gasteiger partial charge < -0.3 is 14.4 Å². The number of benzene rings is 1. The van der Waals surface area contributed by atoms with Crippen LogP contribution in [0.3, 0.4) is 0 Å². The third-order valence-corrected chi connectivity index (χ3v) is 3.70. The van der Waals surface area contributed by atoms with Crippen LogP contribution < -0.4 is 0 Å². The zero-order valence-corrected chi connectivity index (χ0v) is 12.1. The molecule has 0 bridgehead atoms. The zero-order chi connectivity index (χ0) is 14.6. The number of phenolic OH excluding ortho intramolecular Hbond substituents is 1. The van der Waals surface area contributed by atoms with Gasteiger partial charge in [0.15, 0.2) is 0 Å². The van der Waals surface area contributed by atoms with Crippen molar-refractivity contribution < 1.29 is 14.4 Å². The summed E-state index contributed by atoms with van der Waals surface area (Å²) in [4.78, 5) is 4.45. The number of aromatic hydroxyl groups is 1. The molecule has 2 aromatic rings. The van der Waals surface area contributed by atoms with E-state index in [2.05, 4.69) is 10.1 Å². The molecule has 1 heterocycles. The van der Waals surface area contributed by atoms with Gasteiger partial charge in [-0.15, -0.1) is 0 Å². The number of hydrogen-bond acceptors (Lipinski definition) is 5. The van der Waals surface area contributed by atoms with E-state index in [1.54, 1.807) is 19.2 Å². The lowest BCUT2D eigenvalue weighted by molar-refractivity contribution is -0.0306. The second-order valence-corrected chi connectivity index (χ2v) is 4.76. The van der Waals surface area contributed by atoms with Gasteiger partial charge in [-0.3, -0.25) is 0 Å². The summed E-state index contributed by atoms with van der Waals surface area (Å²) in [7, 11) is 1.67. The third kappa shape index (κ3) is 2.82. The molecule has 0 unspecified atom stereocenters. The van der Waals surface area contributed by atoms with Crippen molar-refractivity contribution in [2.24, 2.45) is 0 Å². The molecule has 1 N–H and O–H groups in total. The first-order chi connectivity index (χ1) is 9.63. The monoisotopic (exact) mass is 276 g/mol. The summed E-state index contributed by atoms with van der Waals surface area (Å²) < 4.78 is 10.9. The van der Waals surface area contributed by atoms with E-state index in [-0.39, 0.29) is 5.75 Å². The highest BCUT2D eigenvalue weighted by Gasteiger charge is 2.33. The smallest absolute Gasteiger partial charge is 0.231 e. The van der Waals surface area contributed by atoms with E-state index >= 15 is 0 Å². The lowest BCUT2D eigenvalue weighted by Gasteiger charge is -2.25. The molecule has 0 fully saturated rings. The van der Waals surface area contributed by atoms with Crippen molar-refractivity contribution in [3.05, 3.63) is 41.5 Å². The lowest BCUT2D eigenvalue weighted by atomic mass is 9.96. The predicted molar refractivity (Wildman–Crippen MR) is 74.5 cm³/mol. The first-order valence-corrected chi connectivity index (χ1v) is 6.79.